The molecule has 0 aliphatic heterocycles. The van der Waals surface area contributed by atoms with Crippen LogP contribution >= 0.6 is 11.3 Å². The average Bonchev–Trinajstić information content (AvgIpc) is 3.34. The molecule has 152 valence electrons. The van der Waals surface area contributed by atoms with Crippen molar-refractivity contribution >= 4 is 29.2 Å². The van der Waals surface area contributed by atoms with Crippen LogP contribution in [-0.4, -0.2) is 46.4 Å². The predicted octanol–water partition coefficient (Wildman–Crippen LogP) is 2.83. The first-order chi connectivity index (χ1) is 13.4. The first-order valence-electron chi connectivity index (χ1n) is 9.24. The number of ether oxygens (including phenoxy) is 2. The van der Waals surface area contributed by atoms with Crippen LogP contribution in [0.25, 0.3) is 0 Å². The molecule has 0 radical (unpaired) electrons. The van der Waals surface area contributed by atoms with Gasteiger partial charge in [-0.05, 0) is 33.1 Å². The number of anilines is 1. The van der Waals surface area contributed by atoms with E-state index in [1.807, 2.05) is 19.9 Å². The zero-order valence-electron chi connectivity index (χ0n) is 16.2. The summed E-state index contributed by atoms with van der Waals surface area (Å²) < 4.78 is 10.5. The van der Waals surface area contributed by atoms with Gasteiger partial charge in [0.25, 0.3) is 5.19 Å². The molecule has 1 aliphatic rings. The fourth-order valence-electron chi connectivity index (χ4n) is 3.17. The second-order valence-corrected chi connectivity index (χ2v) is 8.14. The van der Waals surface area contributed by atoms with Crippen molar-refractivity contribution in [1.29, 1.82) is 0 Å². The lowest BCUT2D eigenvalue weighted by atomic mass is 10.0. The second kappa shape index (κ2) is 9.05. The van der Waals surface area contributed by atoms with E-state index >= 15 is 0 Å². The zero-order chi connectivity index (χ0) is 20.1. The van der Waals surface area contributed by atoms with Gasteiger partial charge in [0.05, 0.1) is 13.5 Å². The summed E-state index contributed by atoms with van der Waals surface area (Å²) in [7, 11) is 1.54. The summed E-state index contributed by atoms with van der Waals surface area (Å²) in [5.41, 5.74) is 0.935. The van der Waals surface area contributed by atoms with Gasteiger partial charge in [0.1, 0.15) is 6.10 Å². The van der Waals surface area contributed by atoms with Crippen LogP contribution in [0.1, 0.15) is 49.6 Å². The Morgan fingerprint density at radius 3 is 2.93 bits per heavy atom. The molecule has 28 heavy (non-hydrogen) atoms. The number of thiazole rings is 1. The molecule has 0 aromatic carbocycles. The molecule has 3 rings (SSSR count). The monoisotopic (exact) mass is 407 g/mol. The third kappa shape index (κ3) is 5.44. The Labute approximate surface area is 167 Å². The molecule has 0 spiro atoms. The Bertz CT molecular complexity index is 819. The van der Waals surface area contributed by atoms with E-state index in [4.69, 9.17) is 9.47 Å². The van der Waals surface area contributed by atoms with E-state index in [2.05, 4.69) is 25.8 Å². The Morgan fingerprint density at radius 1 is 1.39 bits per heavy atom. The SMILES string of the molecule is COc1ncc(CC(=O)Nc2cc([C@H]3CC[C@@H](OC(=O)NC(C)C)C3)[nH]n2)s1. The number of aromatic amines is 1. The Hall–Kier alpha value is -2.62. The quantitative estimate of drug-likeness (QED) is 0.649. The number of alkyl carbamates (subject to hydrolysis) is 1. The number of aromatic nitrogens is 3. The van der Waals surface area contributed by atoms with Crippen LogP contribution in [0, 0.1) is 0 Å². The van der Waals surface area contributed by atoms with E-state index in [0.29, 0.717) is 11.0 Å². The van der Waals surface area contributed by atoms with E-state index < -0.39 is 0 Å². The highest BCUT2D eigenvalue weighted by Crippen LogP contribution is 2.35. The topological polar surface area (TPSA) is 118 Å². The van der Waals surface area contributed by atoms with Gasteiger partial charge in [-0.1, -0.05) is 11.3 Å². The van der Waals surface area contributed by atoms with Crippen molar-refractivity contribution in [3.63, 3.8) is 0 Å². The zero-order valence-corrected chi connectivity index (χ0v) is 17.0. The lowest BCUT2D eigenvalue weighted by Gasteiger charge is -2.14. The first-order valence-corrected chi connectivity index (χ1v) is 10.1. The van der Waals surface area contributed by atoms with Gasteiger partial charge >= 0.3 is 6.09 Å². The molecule has 1 aliphatic carbocycles. The summed E-state index contributed by atoms with van der Waals surface area (Å²) in [6.07, 6.45) is 3.81. The molecule has 2 heterocycles. The fraction of sp³-hybridized carbons (Fsp3) is 0.556. The number of hydrogen-bond acceptors (Lipinski definition) is 7. The van der Waals surface area contributed by atoms with Gasteiger partial charge in [0, 0.05) is 34.8 Å². The van der Waals surface area contributed by atoms with Crippen molar-refractivity contribution in [1.82, 2.24) is 20.5 Å². The maximum atomic E-state index is 12.2. The normalized spacial score (nSPS) is 18.9. The summed E-state index contributed by atoms with van der Waals surface area (Å²) >= 11 is 1.34. The molecular formula is C18H25N5O4S. The molecular weight excluding hydrogens is 382 g/mol. The van der Waals surface area contributed by atoms with E-state index in [0.717, 1.165) is 29.8 Å². The van der Waals surface area contributed by atoms with E-state index in [1.54, 1.807) is 13.3 Å². The largest absolute Gasteiger partial charge is 0.473 e. The number of nitrogens with zero attached hydrogens (tertiary/aromatic N) is 2. The van der Waals surface area contributed by atoms with Gasteiger partial charge in [-0.25, -0.2) is 9.78 Å². The van der Waals surface area contributed by atoms with Gasteiger partial charge in [-0.3, -0.25) is 9.89 Å². The third-order valence-corrected chi connectivity index (χ3v) is 5.37. The number of nitrogens with one attached hydrogen (secondary N) is 3. The number of carbonyl (C=O) groups is 2. The van der Waals surface area contributed by atoms with Crippen LogP contribution < -0.4 is 15.4 Å². The van der Waals surface area contributed by atoms with Crippen molar-refractivity contribution in [2.24, 2.45) is 0 Å². The number of amides is 2. The number of methoxy groups -OCH3 is 1. The minimum atomic E-state index is -0.377. The van der Waals surface area contributed by atoms with E-state index in [-0.39, 0.29) is 36.5 Å². The van der Waals surface area contributed by atoms with Crippen LogP contribution in [0.5, 0.6) is 5.19 Å². The van der Waals surface area contributed by atoms with Gasteiger partial charge in [-0.2, -0.15) is 5.10 Å². The molecule has 1 fully saturated rings. The predicted molar refractivity (Wildman–Crippen MR) is 105 cm³/mol. The molecule has 2 amide bonds. The van der Waals surface area contributed by atoms with Crippen LogP contribution in [-0.2, 0) is 16.0 Å². The number of hydrogen-bond donors (Lipinski definition) is 3. The Kier molecular flexibility index (Phi) is 6.50. The second-order valence-electron chi connectivity index (χ2n) is 7.07. The summed E-state index contributed by atoms with van der Waals surface area (Å²) in [5, 5.41) is 13.2. The van der Waals surface area contributed by atoms with Crippen LogP contribution in [0.2, 0.25) is 0 Å². The molecule has 0 bridgehead atoms. The van der Waals surface area contributed by atoms with Crippen molar-refractivity contribution < 1.29 is 19.1 Å². The van der Waals surface area contributed by atoms with E-state index in [1.165, 1.54) is 11.3 Å². The van der Waals surface area contributed by atoms with Gasteiger partial charge < -0.3 is 20.1 Å². The van der Waals surface area contributed by atoms with Crippen LogP contribution in [0.3, 0.4) is 0 Å². The summed E-state index contributed by atoms with van der Waals surface area (Å²) in [6.45, 7) is 3.79. The first kappa shape index (κ1) is 20.1. The third-order valence-electron chi connectivity index (χ3n) is 4.41. The Morgan fingerprint density at radius 2 is 2.21 bits per heavy atom. The van der Waals surface area contributed by atoms with Gasteiger partial charge in [-0.15, -0.1) is 0 Å². The lowest BCUT2D eigenvalue weighted by Crippen LogP contribution is -2.33. The maximum absolute atomic E-state index is 12.2. The highest BCUT2D eigenvalue weighted by Gasteiger charge is 2.30. The molecule has 0 saturated heterocycles. The summed E-state index contributed by atoms with van der Waals surface area (Å²) in [4.78, 5) is 28.8. The van der Waals surface area contributed by atoms with Crippen molar-refractivity contribution in [3.8, 4) is 5.19 Å². The summed E-state index contributed by atoms with van der Waals surface area (Å²) in [6, 6.07) is 1.89. The molecule has 3 N–H and O–H groups in total. The molecule has 1 saturated carbocycles. The number of rotatable bonds is 7. The van der Waals surface area contributed by atoms with Crippen LogP contribution in [0.4, 0.5) is 10.6 Å². The van der Waals surface area contributed by atoms with Gasteiger partial charge in [0.2, 0.25) is 5.91 Å². The van der Waals surface area contributed by atoms with E-state index in [9.17, 15) is 9.59 Å². The average molecular weight is 407 g/mol. The lowest BCUT2D eigenvalue weighted by molar-refractivity contribution is -0.115. The summed E-state index contributed by atoms with van der Waals surface area (Å²) in [5.74, 6) is 0.543. The highest BCUT2D eigenvalue weighted by atomic mass is 32.1. The van der Waals surface area contributed by atoms with Crippen molar-refractivity contribution in [3.05, 3.63) is 22.8 Å². The van der Waals surface area contributed by atoms with Crippen LogP contribution in [0.15, 0.2) is 12.3 Å². The smallest absolute Gasteiger partial charge is 0.407 e. The van der Waals surface area contributed by atoms with Crippen molar-refractivity contribution in [2.75, 3.05) is 12.4 Å². The highest BCUT2D eigenvalue weighted by molar-refractivity contribution is 7.13. The minimum absolute atomic E-state index is 0.0505. The molecule has 2 atom stereocenters. The van der Waals surface area contributed by atoms with Gasteiger partial charge in [0.15, 0.2) is 5.82 Å². The fourth-order valence-corrected chi connectivity index (χ4v) is 3.89. The molecule has 2 aromatic rings. The Balaban J connectivity index is 1.48. The molecule has 9 nitrogen and oxygen atoms in total. The number of carbonyl (C=O) groups excluding carboxylic acids is 2. The molecule has 2 aromatic heterocycles. The molecule has 10 heteroatoms. The minimum Gasteiger partial charge on any atom is -0.473 e. The molecule has 0 unspecified atom stereocenters. The maximum Gasteiger partial charge on any atom is 0.407 e. The van der Waals surface area contributed by atoms with Crippen molar-refractivity contribution in [2.45, 2.75) is 57.6 Å². The standard InChI is InChI=1S/C18H25N5O4S/c1-10(2)20-17(25)27-12-5-4-11(6-12)14-8-15(23-22-14)21-16(24)7-13-9-19-18(26-3)28-13/h8-12H,4-7H2,1-3H3,(H,20,25)(H2,21,22,23,24)/t11-,12+/m0/s1. The number of H-pyrrole nitrogens is 1.